The molecule has 2 aromatic carbocycles. The number of carbonyl (C=O) groups is 2. The Morgan fingerprint density at radius 3 is 2.61 bits per heavy atom. The average Bonchev–Trinajstić information content (AvgIpc) is 3.44. The van der Waals surface area contributed by atoms with E-state index in [1.54, 1.807) is 6.07 Å². The zero-order valence-electron chi connectivity index (χ0n) is 14.9. The highest BCUT2D eigenvalue weighted by Crippen LogP contribution is 2.39. The Bertz CT molecular complexity index is 1020. The SMILES string of the molecule is NC1C[C@@H](OCc2cc(O)c3c(c2)C(=O)c2cccc(O)c2C3=O)CC2O[C@H]12. The lowest BCUT2D eigenvalue weighted by molar-refractivity contribution is 0.0176. The van der Waals surface area contributed by atoms with Crippen molar-refractivity contribution in [1.29, 1.82) is 0 Å². The monoisotopic (exact) mass is 381 g/mol. The van der Waals surface area contributed by atoms with Crippen molar-refractivity contribution in [3.63, 3.8) is 0 Å². The number of hydrogen-bond acceptors (Lipinski definition) is 7. The van der Waals surface area contributed by atoms with Gasteiger partial charge in [0.25, 0.3) is 0 Å². The van der Waals surface area contributed by atoms with Crippen molar-refractivity contribution in [3.8, 4) is 11.5 Å². The van der Waals surface area contributed by atoms with Gasteiger partial charge < -0.3 is 25.4 Å². The summed E-state index contributed by atoms with van der Waals surface area (Å²) in [5.74, 6) is -1.55. The molecule has 5 rings (SSSR count). The molecule has 4 N–H and O–H groups in total. The maximum Gasteiger partial charge on any atom is 0.201 e. The van der Waals surface area contributed by atoms with Gasteiger partial charge in [0.15, 0.2) is 5.78 Å². The van der Waals surface area contributed by atoms with E-state index in [0.717, 1.165) is 6.42 Å². The molecule has 2 aliphatic carbocycles. The van der Waals surface area contributed by atoms with Crippen molar-refractivity contribution in [3.05, 3.63) is 58.1 Å². The summed E-state index contributed by atoms with van der Waals surface area (Å²) in [6, 6.07) is 7.31. The van der Waals surface area contributed by atoms with Crippen molar-refractivity contribution < 1.29 is 29.3 Å². The third kappa shape index (κ3) is 2.63. The highest BCUT2D eigenvalue weighted by molar-refractivity contribution is 6.30. The molecule has 144 valence electrons. The number of ketones is 2. The fourth-order valence-electron chi connectivity index (χ4n) is 4.29. The van der Waals surface area contributed by atoms with Crippen LogP contribution in [-0.2, 0) is 16.1 Å². The quantitative estimate of drug-likeness (QED) is 0.590. The van der Waals surface area contributed by atoms with Crippen molar-refractivity contribution in [2.45, 2.75) is 43.8 Å². The van der Waals surface area contributed by atoms with Gasteiger partial charge in [0.05, 0.1) is 36.0 Å². The highest BCUT2D eigenvalue weighted by atomic mass is 16.6. The first-order valence-electron chi connectivity index (χ1n) is 9.24. The van der Waals surface area contributed by atoms with Crippen LogP contribution in [0.2, 0.25) is 0 Å². The molecule has 7 heteroatoms. The molecule has 0 spiro atoms. The summed E-state index contributed by atoms with van der Waals surface area (Å²) in [5, 5.41) is 20.4. The molecule has 1 saturated heterocycles. The van der Waals surface area contributed by atoms with E-state index in [1.165, 1.54) is 24.3 Å². The van der Waals surface area contributed by atoms with Crippen molar-refractivity contribution >= 4 is 11.6 Å². The van der Waals surface area contributed by atoms with Crippen molar-refractivity contribution in [1.82, 2.24) is 0 Å². The Balaban J connectivity index is 1.42. The van der Waals surface area contributed by atoms with Gasteiger partial charge in [-0.15, -0.1) is 0 Å². The average molecular weight is 381 g/mol. The molecule has 2 unspecified atom stereocenters. The second-order valence-corrected chi connectivity index (χ2v) is 7.60. The van der Waals surface area contributed by atoms with E-state index in [-0.39, 0.29) is 64.7 Å². The largest absolute Gasteiger partial charge is 0.507 e. The van der Waals surface area contributed by atoms with E-state index in [0.29, 0.717) is 12.0 Å². The number of aromatic hydroxyl groups is 2. The van der Waals surface area contributed by atoms with Crippen LogP contribution >= 0.6 is 0 Å². The Morgan fingerprint density at radius 1 is 1.04 bits per heavy atom. The van der Waals surface area contributed by atoms with Gasteiger partial charge in [-0.2, -0.15) is 0 Å². The molecule has 0 radical (unpaired) electrons. The van der Waals surface area contributed by atoms with Gasteiger partial charge in [-0.25, -0.2) is 0 Å². The summed E-state index contributed by atoms with van der Waals surface area (Å²) in [7, 11) is 0. The summed E-state index contributed by atoms with van der Waals surface area (Å²) in [4.78, 5) is 25.6. The number of fused-ring (bicyclic) bond motifs is 3. The second-order valence-electron chi connectivity index (χ2n) is 7.60. The second kappa shape index (κ2) is 6.13. The number of ether oxygens (including phenoxy) is 2. The van der Waals surface area contributed by atoms with Crippen LogP contribution in [0.3, 0.4) is 0 Å². The number of rotatable bonds is 3. The first kappa shape index (κ1) is 17.4. The van der Waals surface area contributed by atoms with E-state index in [9.17, 15) is 19.8 Å². The summed E-state index contributed by atoms with van der Waals surface area (Å²) >= 11 is 0. The smallest absolute Gasteiger partial charge is 0.201 e. The van der Waals surface area contributed by atoms with Crippen LogP contribution in [-0.4, -0.2) is 46.1 Å². The summed E-state index contributed by atoms with van der Waals surface area (Å²) in [6.07, 6.45) is 1.73. The standard InChI is InChI=1S/C21H19NO6/c22-13-6-10(7-16-21(13)28-16)27-8-9-4-12-18(15(24)5-9)20(26)17-11(19(12)25)2-1-3-14(17)23/h1-5,10,13,16,21,23-24H,6-8,22H2/t10-,13?,16?,21-/m1/s1. The van der Waals surface area contributed by atoms with Crippen LogP contribution in [0.4, 0.5) is 0 Å². The summed E-state index contributed by atoms with van der Waals surface area (Å²) in [5.41, 5.74) is 6.72. The highest BCUT2D eigenvalue weighted by Gasteiger charge is 2.49. The molecule has 1 aliphatic heterocycles. The third-order valence-electron chi connectivity index (χ3n) is 5.72. The molecular weight excluding hydrogens is 362 g/mol. The van der Waals surface area contributed by atoms with Gasteiger partial charge >= 0.3 is 0 Å². The van der Waals surface area contributed by atoms with Crippen molar-refractivity contribution in [2.24, 2.45) is 5.73 Å². The number of hydrogen-bond donors (Lipinski definition) is 3. The lowest BCUT2D eigenvalue weighted by atomic mass is 9.82. The molecule has 7 nitrogen and oxygen atoms in total. The molecule has 0 amide bonds. The number of nitrogens with two attached hydrogens (primary N) is 1. The van der Waals surface area contributed by atoms with Crippen LogP contribution in [0.5, 0.6) is 11.5 Å². The van der Waals surface area contributed by atoms with E-state index < -0.39 is 11.6 Å². The number of carbonyl (C=O) groups excluding carboxylic acids is 2. The van der Waals surface area contributed by atoms with Gasteiger partial charge in [0.1, 0.15) is 11.5 Å². The van der Waals surface area contributed by atoms with Gasteiger partial charge in [0.2, 0.25) is 5.78 Å². The number of phenolic OH excluding ortho intramolecular Hbond substituents is 2. The van der Waals surface area contributed by atoms with E-state index >= 15 is 0 Å². The number of epoxide rings is 1. The molecule has 0 bridgehead atoms. The van der Waals surface area contributed by atoms with Crippen molar-refractivity contribution in [2.75, 3.05) is 0 Å². The number of benzene rings is 2. The van der Waals surface area contributed by atoms with Crippen LogP contribution in [0.1, 0.15) is 50.2 Å². The maximum absolute atomic E-state index is 12.9. The predicted molar refractivity (Wildman–Crippen MR) is 97.5 cm³/mol. The van der Waals surface area contributed by atoms with Gasteiger partial charge in [-0.1, -0.05) is 12.1 Å². The lowest BCUT2D eigenvalue weighted by Crippen LogP contribution is -2.38. The lowest BCUT2D eigenvalue weighted by Gasteiger charge is -2.24. The Morgan fingerprint density at radius 2 is 1.82 bits per heavy atom. The van der Waals surface area contributed by atoms with Gasteiger partial charge in [0, 0.05) is 23.6 Å². The first-order chi connectivity index (χ1) is 13.4. The minimum atomic E-state index is -0.567. The molecule has 3 aliphatic rings. The Kier molecular flexibility index (Phi) is 3.80. The number of phenols is 2. The molecule has 1 heterocycles. The predicted octanol–water partition coefficient (Wildman–Crippen LogP) is 1.65. The topological polar surface area (TPSA) is 122 Å². The minimum Gasteiger partial charge on any atom is -0.507 e. The van der Waals surface area contributed by atoms with Crippen LogP contribution in [0.15, 0.2) is 30.3 Å². The summed E-state index contributed by atoms with van der Waals surface area (Å²) in [6.45, 7) is 0.185. The van der Waals surface area contributed by atoms with E-state index in [2.05, 4.69) is 0 Å². The third-order valence-corrected chi connectivity index (χ3v) is 5.72. The molecule has 0 aromatic heterocycles. The zero-order chi connectivity index (χ0) is 19.6. The molecule has 2 aromatic rings. The molecular formula is C21H19NO6. The van der Waals surface area contributed by atoms with Crippen LogP contribution < -0.4 is 5.73 Å². The van der Waals surface area contributed by atoms with Crippen LogP contribution in [0, 0.1) is 0 Å². The van der Waals surface area contributed by atoms with E-state index in [1.807, 2.05) is 0 Å². The Hall–Kier alpha value is -2.74. The fourth-order valence-corrected chi connectivity index (χ4v) is 4.29. The van der Waals surface area contributed by atoms with Gasteiger partial charge in [-0.05, 0) is 30.2 Å². The normalized spacial score (nSPS) is 27.8. The summed E-state index contributed by atoms with van der Waals surface area (Å²) < 4.78 is 11.4. The van der Waals surface area contributed by atoms with E-state index in [4.69, 9.17) is 15.2 Å². The molecule has 4 atom stereocenters. The Labute approximate surface area is 160 Å². The molecule has 2 fully saturated rings. The van der Waals surface area contributed by atoms with Gasteiger partial charge in [-0.3, -0.25) is 9.59 Å². The maximum atomic E-state index is 12.9. The fraction of sp³-hybridized carbons (Fsp3) is 0.333. The molecule has 28 heavy (non-hydrogen) atoms. The van der Waals surface area contributed by atoms with Crippen LogP contribution in [0.25, 0.3) is 0 Å². The first-order valence-corrected chi connectivity index (χ1v) is 9.24. The zero-order valence-corrected chi connectivity index (χ0v) is 14.9. The molecule has 1 saturated carbocycles. The minimum absolute atomic E-state index is 0.0379.